The van der Waals surface area contributed by atoms with E-state index in [4.69, 9.17) is 11.6 Å². The Hall–Kier alpha value is -1.07. The summed E-state index contributed by atoms with van der Waals surface area (Å²) >= 11 is 5.74. The molecule has 0 spiro atoms. The Morgan fingerprint density at radius 2 is 2.12 bits per heavy atom. The molecule has 0 saturated heterocycles. The van der Waals surface area contributed by atoms with E-state index in [-0.39, 0.29) is 12.3 Å². The fourth-order valence-electron chi connectivity index (χ4n) is 1.71. The van der Waals surface area contributed by atoms with Crippen molar-refractivity contribution < 1.29 is 12.8 Å². The van der Waals surface area contributed by atoms with E-state index in [9.17, 15) is 12.8 Å². The van der Waals surface area contributed by atoms with Crippen LogP contribution in [0.15, 0.2) is 24.4 Å². The standard InChI is InChI=1S/C11H11ClFNO2S/c1-17(15,16)5-4-14-3-2-8-6-9(12)7-10(13)11(8)14/h2-3,6-7H,4-5H2,1H3. The fourth-order valence-corrected chi connectivity index (χ4v) is 2.45. The monoisotopic (exact) mass is 275 g/mol. The molecule has 1 aromatic carbocycles. The summed E-state index contributed by atoms with van der Waals surface area (Å²) in [6, 6.07) is 4.59. The molecule has 3 nitrogen and oxygen atoms in total. The molecule has 0 atom stereocenters. The first-order valence-corrected chi connectivity index (χ1v) is 7.42. The highest BCUT2D eigenvalue weighted by atomic mass is 35.5. The van der Waals surface area contributed by atoms with Gasteiger partial charge >= 0.3 is 0 Å². The Morgan fingerprint density at radius 3 is 2.76 bits per heavy atom. The van der Waals surface area contributed by atoms with Crippen LogP contribution >= 0.6 is 11.6 Å². The van der Waals surface area contributed by atoms with Crippen LogP contribution in [0.4, 0.5) is 4.39 Å². The molecule has 1 aromatic heterocycles. The maximum Gasteiger partial charge on any atom is 0.149 e. The van der Waals surface area contributed by atoms with Crippen LogP contribution in [0.2, 0.25) is 5.02 Å². The number of hydrogen-bond donors (Lipinski definition) is 0. The summed E-state index contributed by atoms with van der Waals surface area (Å²) in [7, 11) is -3.06. The van der Waals surface area contributed by atoms with E-state index < -0.39 is 15.7 Å². The topological polar surface area (TPSA) is 39.1 Å². The molecular weight excluding hydrogens is 265 g/mol. The molecule has 17 heavy (non-hydrogen) atoms. The number of aromatic nitrogens is 1. The van der Waals surface area contributed by atoms with Gasteiger partial charge in [0, 0.05) is 29.4 Å². The predicted octanol–water partition coefficient (Wildman–Crippen LogP) is 2.48. The number of aryl methyl sites for hydroxylation is 1. The molecule has 1 heterocycles. The summed E-state index contributed by atoms with van der Waals surface area (Å²) in [6.07, 6.45) is 2.82. The van der Waals surface area contributed by atoms with Crippen LogP contribution in [0.3, 0.4) is 0 Å². The van der Waals surface area contributed by atoms with Crippen molar-refractivity contribution in [3.8, 4) is 0 Å². The van der Waals surface area contributed by atoms with Gasteiger partial charge in [-0.15, -0.1) is 0 Å². The normalized spacial score (nSPS) is 12.2. The van der Waals surface area contributed by atoms with Crippen LogP contribution in [0, 0.1) is 5.82 Å². The maximum atomic E-state index is 13.7. The lowest BCUT2D eigenvalue weighted by Crippen LogP contribution is -2.10. The molecule has 92 valence electrons. The highest BCUT2D eigenvalue weighted by molar-refractivity contribution is 7.90. The molecule has 2 rings (SSSR count). The second-order valence-electron chi connectivity index (χ2n) is 3.96. The molecule has 2 aromatic rings. The van der Waals surface area contributed by atoms with E-state index >= 15 is 0 Å². The summed E-state index contributed by atoms with van der Waals surface area (Å²) in [5.41, 5.74) is 0.387. The molecule has 0 fully saturated rings. The Balaban J connectivity index is 2.43. The Labute approximate surface area is 104 Å². The molecule has 0 saturated carbocycles. The molecule has 0 radical (unpaired) electrons. The zero-order valence-electron chi connectivity index (χ0n) is 9.15. The van der Waals surface area contributed by atoms with Gasteiger partial charge in [-0.25, -0.2) is 12.8 Å². The molecule has 0 amide bonds. The number of benzene rings is 1. The second-order valence-corrected chi connectivity index (χ2v) is 6.66. The molecule has 0 aliphatic rings. The minimum Gasteiger partial charge on any atom is -0.344 e. The average molecular weight is 276 g/mol. The van der Waals surface area contributed by atoms with Gasteiger partial charge in [-0.3, -0.25) is 0 Å². The van der Waals surface area contributed by atoms with Crippen LogP contribution in [0.25, 0.3) is 10.9 Å². The minimum absolute atomic E-state index is 0.0150. The van der Waals surface area contributed by atoms with Gasteiger partial charge in [0.2, 0.25) is 0 Å². The van der Waals surface area contributed by atoms with Gasteiger partial charge in [0.15, 0.2) is 0 Å². The van der Waals surface area contributed by atoms with Crippen molar-refractivity contribution in [2.75, 3.05) is 12.0 Å². The SMILES string of the molecule is CS(=O)(=O)CCn1ccc2cc(Cl)cc(F)c21. The molecule has 0 N–H and O–H groups in total. The number of fused-ring (bicyclic) bond motifs is 1. The third-order valence-corrected chi connectivity index (χ3v) is 3.62. The average Bonchev–Trinajstić information content (AvgIpc) is 2.56. The quantitative estimate of drug-likeness (QED) is 0.863. The summed E-state index contributed by atoms with van der Waals surface area (Å²) < 4.78 is 37.4. The third kappa shape index (κ3) is 2.79. The van der Waals surface area contributed by atoms with E-state index in [1.54, 1.807) is 22.9 Å². The van der Waals surface area contributed by atoms with Gasteiger partial charge in [0.25, 0.3) is 0 Å². The van der Waals surface area contributed by atoms with Gasteiger partial charge in [0.1, 0.15) is 15.7 Å². The van der Waals surface area contributed by atoms with Crippen molar-refractivity contribution in [3.63, 3.8) is 0 Å². The number of nitrogens with zero attached hydrogens (tertiary/aromatic N) is 1. The number of sulfone groups is 1. The van der Waals surface area contributed by atoms with Crippen molar-refractivity contribution in [1.29, 1.82) is 0 Å². The van der Waals surface area contributed by atoms with Crippen LogP contribution < -0.4 is 0 Å². The predicted molar refractivity (Wildman–Crippen MR) is 66.6 cm³/mol. The van der Waals surface area contributed by atoms with Crippen LogP contribution in [-0.4, -0.2) is 25.0 Å². The molecule has 0 aliphatic carbocycles. The summed E-state index contributed by atoms with van der Waals surface area (Å²) in [4.78, 5) is 0. The van der Waals surface area contributed by atoms with Crippen LogP contribution in [0.5, 0.6) is 0 Å². The first-order chi connectivity index (χ1) is 7.87. The van der Waals surface area contributed by atoms with E-state index in [1.807, 2.05) is 0 Å². The van der Waals surface area contributed by atoms with E-state index in [0.717, 1.165) is 6.26 Å². The first-order valence-electron chi connectivity index (χ1n) is 4.98. The van der Waals surface area contributed by atoms with Gasteiger partial charge < -0.3 is 4.57 Å². The van der Waals surface area contributed by atoms with Gasteiger partial charge in [-0.1, -0.05) is 11.6 Å². The van der Waals surface area contributed by atoms with Crippen molar-refractivity contribution >= 4 is 32.3 Å². The lowest BCUT2D eigenvalue weighted by atomic mass is 10.2. The summed E-state index contributed by atoms with van der Waals surface area (Å²) in [5, 5.41) is 0.999. The van der Waals surface area contributed by atoms with E-state index in [2.05, 4.69) is 0 Å². The number of hydrogen-bond acceptors (Lipinski definition) is 2. The van der Waals surface area contributed by atoms with Crippen LogP contribution in [0.1, 0.15) is 0 Å². The van der Waals surface area contributed by atoms with E-state index in [1.165, 1.54) is 6.07 Å². The number of rotatable bonds is 3. The molecule has 6 heteroatoms. The smallest absolute Gasteiger partial charge is 0.149 e. The van der Waals surface area contributed by atoms with Gasteiger partial charge in [-0.2, -0.15) is 0 Å². The van der Waals surface area contributed by atoms with Crippen LogP contribution in [-0.2, 0) is 16.4 Å². The van der Waals surface area contributed by atoms with E-state index in [0.29, 0.717) is 15.9 Å². The van der Waals surface area contributed by atoms with Crippen molar-refractivity contribution in [1.82, 2.24) is 4.57 Å². The summed E-state index contributed by atoms with van der Waals surface area (Å²) in [5.74, 6) is -0.454. The highest BCUT2D eigenvalue weighted by Crippen LogP contribution is 2.24. The molecule has 0 bridgehead atoms. The fraction of sp³-hybridized carbons (Fsp3) is 0.273. The van der Waals surface area contributed by atoms with Crippen molar-refractivity contribution in [2.24, 2.45) is 0 Å². The zero-order chi connectivity index (χ0) is 12.6. The maximum absolute atomic E-state index is 13.7. The first kappa shape index (κ1) is 12.4. The lowest BCUT2D eigenvalue weighted by molar-refractivity contribution is 0.593. The lowest BCUT2D eigenvalue weighted by Gasteiger charge is -2.05. The van der Waals surface area contributed by atoms with Crippen molar-refractivity contribution in [3.05, 3.63) is 35.2 Å². The zero-order valence-corrected chi connectivity index (χ0v) is 10.7. The Morgan fingerprint density at radius 1 is 1.41 bits per heavy atom. The molecule has 0 unspecified atom stereocenters. The highest BCUT2D eigenvalue weighted by Gasteiger charge is 2.10. The molecular formula is C11H11ClFNO2S. The second kappa shape index (κ2) is 4.31. The van der Waals surface area contributed by atoms with Gasteiger partial charge in [-0.05, 0) is 18.2 Å². The summed E-state index contributed by atoms with van der Waals surface area (Å²) in [6.45, 7) is 0.237. The third-order valence-electron chi connectivity index (χ3n) is 2.48. The Kier molecular flexibility index (Phi) is 3.14. The Bertz CT molecular complexity index is 663. The molecule has 0 aliphatic heterocycles. The minimum atomic E-state index is -3.06. The number of halogens is 2. The van der Waals surface area contributed by atoms with Crippen molar-refractivity contribution in [2.45, 2.75) is 6.54 Å². The van der Waals surface area contributed by atoms with Gasteiger partial charge in [0.05, 0.1) is 11.3 Å². The largest absolute Gasteiger partial charge is 0.344 e.